The van der Waals surface area contributed by atoms with Crippen molar-refractivity contribution in [2.75, 3.05) is 0 Å². The molecule has 0 spiro atoms. The Morgan fingerprint density at radius 2 is 1.85 bits per heavy atom. The van der Waals surface area contributed by atoms with Crippen molar-refractivity contribution in [3.63, 3.8) is 0 Å². The summed E-state index contributed by atoms with van der Waals surface area (Å²) in [4.78, 5) is 19.7. The summed E-state index contributed by atoms with van der Waals surface area (Å²) in [6.45, 7) is 7.88. The quantitative estimate of drug-likeness (QED) is 0.567. The lowest BCUT2D eigenvalue weighted by Gasteiger charge is -2.13. The molecule has 0 radical (unpaired) electrons. The summed E-state index contributed by atoms with van der Waals surface area (Å²) in [7, 11) is 0. The van der Waals surface area contributed by atoms with Crippen molar-refractivity contribution in [3.05, 3.63) is 63.8 Å². The van der Waals surface area contributed by atoms with Crippen molar-refractivity contribution >= 4 is 11.0 Å². The first-order valence-electron chi connectivity index (χ1n) is 10.7. The van der Waals surface area contributed by atoms with Crippen LogP contribution in [0.4, 0.5) is 13.2 Å². The smallest absolute Gasteiger partial charge is 0.393 e. The van der Waals surface area contributed by atoms with Gasteiger partial charge in [-0.3, -0.25) is 0 Å². The molecule has 0 amide bonds. The number of pyridine rings is 1. The lowest BCUT2D eigenvalue weighted by Crippen LogP contribution is -2.24. The second kappa shape index (κ2) is 11.1. The Morgan fingerprint density at radius 1 is 1.15 bits per heavy atom. The van der Waals surface area contributed by atoms with Gasteiger partial charge in [-0.25, -0.2) is 14.3 Å². The van der Waals surface area contributed by atoms with Gasteiger partial charge in [-0.1, -0.05) is 33.3 Å². The summed E-state index contributed by atoms with van der Waals surface area (Å²) in [5.74, 6) is 0.681. The number of hydrogen-bond acceptors (Lipinski definition) is 5. The normalized spacial score (nSPS) is 13.1. The van der Waals surface area contributed by atoms with Gasteiger partial charge in [0.2, 0.25) is 0 Å². The second-order valence-electron chi connectivity index (χ2n) is 7.85. The summed E-state index contributed by atoms with van der Waals surface area (Å²) in [5.41, 5.74) is -1.25. The highest BCUT2D eigenvalue weighted by Crippen LogP contribution is 2.29. The monoisotopic (exact) mass is 460 g/mol. The van der Waals surface area contributed by atoms with Gasteiger partial charge in [-0.2, -0.15) is 23.4 Å². The highest BCUT2D eigenvalue weighted by atomic mass is 19.4. The number of alkyl halides is 3. The first-order valence-corrected chi connectivity index (χ1v) is 10.7. The minimum absolute atomic E-state index is 0.0695. The number of fused-ring (bicyclic) bond motifs is 1. The molecular weight excluding hydrogens is 433 g/mol. The minimum atomic E-state index is -4.64. The van der Waals surface area contributed by atoms with Crippen LogP contribution in [0.2, 0.25) is 0 Å². The van der Waals surface area contributed by atoms with E-state index in [0.717, 1.165) is 23.5 Å². The van der Waals surface area contributed by atoms with E-state index in [9.17, 15) is 18.0 Å². The van der Waals surface area contributed by atoms with Gasteiger partial charge in [0.1, 0.15) is 5.69 Å². The Kier molecular flexibility index (Phi) is 8.71. The van der Waals surface area contributed by atoms with Crippen LogP contribution < -0.4 is 5.69 Å². The van der Waals surface area contributed by atoms with Crippen molar-refractivity contribution in [2.45, 2.75) is 59.2 Å². The number of nitrogens with zero attached hydrogens (tertiary/aromatic N) is 4. The molecule has 1 N–H and O–H groups in total. The molecule has 0 aliphatic carbocycles. The summed E-state index contributed by atoms with van der Waals surface area (Å²) in [6, 6.07) is 9.93. The molecule has 33 heavy (non-hydrogen) atoms. The molecule has 9 heteroatoms. The van der Waals surface area contributed by atoms with Crippen LogP contribution in [-0.4, -0.2) is 25.7 Å². The Hall–Kier alpha value is -3.25. The molecule has 0 saturated heterocycles. The summed E-state index contributed by atoms with van der Waals surface area (Å²) >= 11 is 0. The summed E-state index contributed by atoms with van der Waals surface area (Å²) < 4.78 is 39.9. The Bertz CT molecular complexity index is 1190. The van der Waals surface area contributed by atoms with Gasteiger partial charge in [0.05, 0.1) is 29.1 Å². The van der Waals surface area contributed by atoms with Gasteiger partial charge in [-0.05, 0) is 56.0 Å². The molecule has 3 aromatic rings. The molecule has 176 valence electrons. The number of halogens is 3. The van der Waals surface area contributed by atoms with Crippen molar-refractivity contribution in [2.24, 2.45) is 5.92 Å². The summed E-state index contributed by atoms with van der Waals surface area (Å²) in [6.07, 6.45) is -1.67. The lowest BCUT2D eigenvalue weighted by molar-refractivity contribution is -0.141. The number of aromatic nitrogens is 3. The maximum absolute atomic E-state index is 13.0. The average Bonchev–Trinajstić information content (AvgIpc) is 2.78. The molecule has 3 rings (SSSR count). The first-order chi connectivity index (χ1) is 15.5. The number of benzene rings is 1. The van der Waals surface area contributed by atoms with Crippen LogP contribution in [-0.2, 0) is 6.18 Å². The van der Waals surface area contributed by atoms with E-state index in [2.05, 4.69) is 23.8 Å². The molecular formula is C24H27F3N4O2. The van der Waals surface area contributed by atoms with E-state index in [-0.39, 0.29) is 28.7 Å². The van der Waals surface area contributed by atoms with Crippen molar-refractivity contribution in [3.8, 4) is 11.8 Å². The zero-order chi connectivity index (χ0) is 24.8. The molecule has 2 atom stereocenters. The standard InChI is InChI=1S/C16H9F3N4O.C8H18O/c1-9-12-5-6-13(16(17,18)19)22-14(12)23(15(24)21-9)11-4-2-3-10(7-11)8-20;1-4-7(3)6-8(9)5-2/h2-7H,1H3;7-9H,4-6H2,1-3H3. The van der Waals surface area contributed by atoms with E-state index in [1.165, 1.54) is 43.7 Å². The van der Waals surface area contributed by atoms with Crippen molar-refractivity contribution in [1.82, 2.24) is 14.5 Å². The number of nitriles is 1. The molecule has 0 saturated carbocycles. The topological polar surface area (TPSA) is 91.8 Å². The lowest BCUT2D eigenvalue weighted by atomic mass is 10.00. The Balaban J connectivity index is 0.000000365. The zero-order valence-electron chi connectivity index (χ0n) is 19.0. The zero-order valence-corrected chi connectivity index (χ0v) is 19.0. The van der Waals surface area contributed by atoms with Crippen molar-refractivity contribution < 1.29 is 18.3 Å². The molecule has 2 unspecified atom stereocenters. The fraction of sp³-hybridized carbons (Fsp3) is 0.417. The van der Waals surface area contributed by atoms with Crippen LogP contribution in [0.25, 0.3) is 16.7 Å². The van der Waals surface area contributed by atoms with E-state index < -0.39 is 17.6 Å². The number of rotatable bonds is 5. The molecule has 2 heterocycles. The third-order valence-electron chi connectivity index (χ3n) is 5.30. The molecule has 0 fully saturated rings. The molecule has 0 bridgehead atoms. The van der Waals surface area contributed by atoms with E-state index in [4.69, 9.17) is 10.4 Å². The molecule has 0 aliphatic rings. The largest absolute Gasteiger partial charge is 0.433 e. The van der Waals surface area contributed by atoms with E-state index in [1.54, 1.807) is 0 Å². The van der Waals surface area contributed by atoms with Gasteiger partial charge in [0.25, 0.3) is 0 Å². The van der Waals surface area contributed by atoms with Gasteiger partial charge in [0.15, 0.2) is 5.65 Å². The highest BCUT2D eigenvalue weighted by molar-refractivity contribution is 5.79. The first kappa shape index (κ1) is 26.0. The number of aliphatic hydroxyl groups excluding tert-OH is 1. The van der Waals surface area contributed by atoms with Gasteiger partial charge < -0.3 is 5.11 Å². The molecule has 1 aromatic carbocycles. The minimum Gasteiger partial charge on any atom is -0.393 e. The molecule has 0 aliphatic heterocycles. The van der Waals surface area contributed by atoms with Crippen LogP contribution in [0.15, 0.2) is 41.2 Å². The fourth-order valence-electron chi connectivity index (χ4n) is 3.15. The third-order valence-corrected chi connectivity index (χ3v) is 5.30. The number of aliphatic hydroxyl groups is 1. The highest BCUT2D eigenvalue weighted by Gasteiger charge is 2.33. The fourth-order valence-corrected chi connectivity index (χ4v) is 3.15. The van der Waals surface area contributed by atoms with Crippen LogP contribution in [0.3, 0.4) is 0 Å². The SMILES string of the molecule is CCC(C)CC(O)CC.Cc1nc(=O)n(-c2cccc(C#N)c2)c2nc(C(F)(F)F)ccc12. The van der Waals surface area contributed by atoms with Crippen molar-refractivity contribution in [1.29, 1.82) is 5.26 Å². The predicted molar refractivity (Wildman–Crippen MR) is 120 cm³/mol. The van der Waals surface area contributed by atoms with Crippen LogP contribution in [0.5, 0.6) is 0 Å². The van der Waals surface area contributed by atoms with Gasteiger partial charge in [-0.15, -0.1) is 0 Å². The number of hydrogen-bond donors (Lipinski definition) is 1. The van der Waals surface area contributed by atoms with Gasteiger partial charge in [0, 0.05) is 5.39 Å². The molecule has 6 nitrogen and oxygen atoms in total. The van der Waals surface area contributed by atoms with Crippen LogP contribution >= 0.6 is 0 Å². The number of aryl methyl sites for hydroxylation is 1. The second-order valence-corrected chi connectivity index (χ2v) is 7.85. The third kappa shape index (κ3) is 6.62. The van der Waals surface area contributed by atoms with Crippen LogP contribution in [0, 0.1) is 24.2 Å². The maximum Gasteiger partial charge on any atom is 0.433 e. The molecule has 2 aromatic heterocycles. The van der Waals surface area contributed by atoms with Gasteiger partial charge >= 0.3 is 11.9 Å². The Morgan fingerprint density at radius 3 is 2.42 bits per heavy atom. The van der Waals surface area contributed by atoms with E-state index in [0.29, 0.717) is 11.3 Å². The van der Waals surface area contributed by atoms with E-state index >= 15 is 0 Å². The maximum atomic E-state index is 13.0. The predicted octanol–water partition coefficient (Wildman–Crippen LogP) is 5.17. The average molecular weight is 461 g/mol. The summed E-state index contributed by atoms with van der Waals surface area (Å²) in [5, 5.41) is 18.5. The van der Waals surface area contributed by atoms with Crippen LogP contribution in [0.1, 0.15) is 57.0 Å². The van der Waals surface area contributed by atoms with E-state index in [1.807, 2.05) is 13.0 Å². The Labute approximate surface area is 190 Å².